The standard InChI is InChI=1S/C19H21N3O4/c1-19(12-20,14-6-7-14)21-16(23)11-26-18(25)13-4-8-15(9-5-13)22-10-2-3-17(22)24/h4-5,8-9,14H,2-3,6-7,10-11H2,1H3,(H,21,23)/t19-/m0/s1. The van der Waals surface area contributed by atoms with Crippen LogP contribution in [0, 0.1) is 17.2 Å². The summed E-state index contributed by atoms with van der Waals surface area (Å²) in [5.41, 5.74) is 0.141. The fourth-order valence-corrected chi connectivity index (χ4v) is 3.12. The number of ether oxygens (including phenoxy) is 1. The third-order valence-corrected chi connectivity index (χ3v) is 4.85. The summed E-state index contributed by atoms with van der Waals surface area (Å²) in [6.45, 7) is 1.93. The Bertz CT molecular complexity index is 764. The van der Waals surface area contributed by atoms with E-state index in [0.717, 1.165) is 24.9 Å². The highest BCUT2D eigenvalue weighted by Crippen LogP contribution is 2.39. The summed E-state index contributed by atoms with van der Waals surface area (Å²) in [6, 6.07) is 8.66. The lowest BCUT2D eigenvalue weighted by molar-refractivity contribution is -0.125. The van der Waals surface area contributed by atoms with E-state index in [1.807, 2.05) is 0 Å². The monoisotopic (exact) mass is 355 g/mol. The van der Waals surface area contributed by atoms with Gasteiger partial charge in [0.05, 0.1) is 11.6 Å². The van der Waals surface area contributed by atoms with E-state index in [4.69, 9.17) is 4.74 Å². The minimum absolute atomic E-state index is 0.0770. The van der Waals surface area contributed by atoms with Crippen LogP contribution in [0.3, 0.4) is 0 Å². The molecule has 26 heavy (non-hydrogen) atoms. The Morgan fingerprint density at radius 3 is 2.58 bits per heavy atom. The van der Waals surface area contributed by atoms with Gasteiger partial charge < -0.3 is 15.0 Å². The van der Waals surface area contributed by atoms with Crippen molar-refractivity contribution in [2.45, 2.75) is 38.1 Å². The topological polar surface area (TPSA) is 99.5 Å². The first-order valence-electron chi connectivity index (χ1n) is 8.73. The molecule has 0 spiro atoms. The van der Waals surface area contributed by atoms with E-state index in [0.29, 0.717) is 18.5 Å². The fraction of sp³-hybridized carbons (Fsp3) is 0.474. The second-order valence-electron chi connectivity index (χ2n) is 6.91. The second-order valence-corrected chi connectivity index (χ2v) is 6.91. The zero-order chi connectivity index (χ0) is 18.7. The molecule has 1 aliphatic carbocycles. The summed E-state index contributed by atoms with van der Waals surface area (Å²) < 4.78 is 5.03. The number of nitriles is 1. The summed E-state index contributed by atoms with van der Waals surface area (Å²) >= 11 is 0. The van der Waals surface area contributed by atoms with Crippen molar-refractivity contribution in [3.8, 4) is 6.07 Å². The van der Waals surface area contributed by atoms with Crippen LogP contribution in [0.1, 0.15) is 43.0 Å². The number of anilines is 1. The Hall–Kier alpha value is -2.88. The van der Waals surface area contributed by atoms with E-state index >= 15 is 0 Å². The third-order valence-electron chi connectivity index (χ3n) is 4.85. The minimum atomic E-state index is -0.909. The van der Waals surface area contributed by atoms with Gasteiger partial charge in [-0.05, 0) is 56.4 Å². The maximum Gasteiger partial charge on any atom is 0.338 e. The molecule has 3 rings (SSSR count). The molecule has 1 aromatic rings. The molecule has 1 N–H and O–H groups in total. The zero-order valence-corrected chi connectivity index (χ0v) is 14.7. The van der Waals surface area contributed by atoms with E-state index in [2.05, 4.69) is 11.4 Å². The average Bonchev–Trinajstić information content (AvgIpc) is 3.42. The van der Waals surface area contributed by atoms with Gasteiger partial charge in [0.25, 0.3) is 5.91 Å². The quantitative estimate of drug-likeness (QED) is 0.784. The first kappa shape index (κ1) is 17.9. The molecular formula is C19H21N3O4. The lowest BCUT2D eigenvalue weighted by Gasteiger charge is -2.22. The van der Waals surface area contributed by atoms with Crippen LogP contribution in [0.2, 0.25) is 0 Å². The smallest absolute Gasteiger partial charge is 0.338 e. The highest BCUT2D eigenvalue weighted by molar-refractivity contribution is 5.96. The zero-order valence-electron chi connectivity index (χ0n) is 14.7. The van der Waals surface area contributed by atoms with E-state index in [9.17, 15) is 19.6 Å². The number of rotatable bonds is 6. The summed E-state index contributed by atoms with van der Waals surface area (Å²) in [7, 11) is 0. The van der Waals surface area contributed by atoms with Crippen molar-refractivity contribution >= 4 is 23.5 Å². The van der Waals surface area contributed by atoms with Gasteiger partial charge in [-0.15, -0.1) is 0 Å². The van der Waals surface area contributed by atoms with Crippen LogP contribution in [0.15, 0.2) is 24.3 Å². The summed E-state index contributed by atoms with van der Waals surface area (Å²) in [4.78, 5) is 37.5. The minimum Gasteiger partial charge on any atom is -0.452 e. The molecule has 7 nitrogen and oxygen atoms in total. The fourth-order valence-electron chi connectivity index (χ4n) is 3.12. The van der Waals surface area contributed by atoms with Crippen LogP contribution in [0.25, 0.3) is 0 Å². The van der Waals surface area contributed by atoms with Crippen molar-refractivity contribution < 1.29 is 19.1 Å². The van der Waals surface area contributed by atoms with Crippen molar-refractivity contribution in [1.82, 2.24) is 5.32 Å². The number of nitrogens with zero attached hydrogens (tertiary/aromatic N) is 2. The van der Waals surface area contributed by atoms with Crippen LogP contribution in [0.5, 0.6) is 0 Å². The number of nitrogens with one attached hydrogen (secondary N) is 1. The molecule has 1 aromatic carbocycles. The normalized spacial score (nSPS) is 18.8. The van der Waals surface area contributed by atoms with E-state index in [-0.39, 0.29) is 11.8 Å². The Morgan fingerprint density at radius 1 is 1.35 bits per heavy atom. The lowest BCUT2D eigenvalue weighted by Crippen LogP contribution is -2.48. The van der Waals surface area contributed by atoms with Crippen LogP contribution in [-0.2, 0) is 14.3 Å². The van der Waals surface area contributed by atoms with Gasteiger partial charge in [-0.25, -0.2) is 4.79 Å². The molecule has 2 amide bonds. The van der Waals surface area contributed by atoms with Crippen molar-refractivity contribution in [3.63, 3.8) is 0 Å². The number of hydrogen-bond acceptors (Lipinski definition) is 5. The molecule has 0 bridgehead atoms. The van der Waals surface area contributed by atoms with Gasteiger partial charge in [0.1, 0.15) is 5.54 Å². The van der Waals surface area contributed by atoms with E-state index in [1.54, 1.807) is 36.1 Å². The molecule has 0 aromatic heterocycles. The van der Waals surface area contributed by atoms with Crippen LogP contribution in [-0.4, -0.2) is 36.5 Å². The van der Waals surface area contributed by atoms with Gasteiger partial charge >= 0.3 is 5.97 Å². The van der Waals surface area contributed by atoms with Crippen molar-refractivity contribution in [2.75, 3.05) is 18.1 Å². The SMILES string of the molecule is C[C@@](C#N)(NC(=O)COC(=O)c1ccc(N2CCCC2=O)cc1)C1CC1. The molecule has 136 valence electrons. The predicted octanol–water partition coefficient (Wildman–Crippen LogP) is 1.78. The Balaban J connectivity index is 1.52. The molecule has 0 unspecified atom stereocenters. The van der Waals surface area contributed by atoms with E-state index < -0.39 is 24.0 Å². The van der Waals surface area contributed by atoms with Crippen LogP contribution < -0.4 is 10.2 Å². The maximum atomic E-state index is 12.1. The Kier molecular flexibility index (Phi) is 4.94. The molecule has 1 saturated heterocycles. The van der Waals surface area contributed by atoms with Gasteiger partial charge in [0.15, 0.2) is 6.61 Å². The average molecular weight is 355 g/mol. The molecule has 1 saturated carbocycles. The number of esters is 1. The van der Waals surface area contributed by atoms with Gasteiger partial charge in [-0.3, -0.25) is 9.59 Å². The molecule has 1 aliphatic heterocycles. The third kappa shape index (κ3) is 3.85. The first-order valence-corrected chi connectivity index (χ1v) is 8.73. The van der Waals surface area contributed by atoms with Crippen LogP contribution in [0.4, 0.5) is 5.69 Å². The van der Waals surface area contributed by atoms with Crippen molar-refractivity contribution in [1.29, 1.82) is 5.26 Å². The van der Waals surface area contributed by atoms with Gasteiger partial charge in [-0.2, -0.15) is 5.26 Å². The predicted molar refractivity (Wildman–Crippen MR) is 93.2 cm³/mol. The molecule has 0 radical (unpaired) electrons. The first-order chi connectivity index (χ1) is 12.4. The van der Waals surface area contributed by atoms with Gasteiger partial charge in [0, 0.05) is 18.7 Å². The van der Waals surface area contributed by atoms with Crippen LogP contribution >= 0.6 is 0 Å². The molecular weight excluding hydrogens is 334 g/mol. The van der Waals surface area contributed by atoms with Crippen molar-refractivity contribution in [3.05, 3.63) is 29.8 Å². The second kappa shape index (κ2) is 7.16. The highest BCUT2D eigenvalue weighted by atomic mass is 16.5. The highest BCUT2D eigenvalue weighted by Gasteiger charge is 2.43. The molecule has 2 aliphatic rings. The number of hydrogen-bond donors (Lipinski definition) is 1. The maximum absolute atomic E-state index is 12.1. The molecule has 2 fully saturated rings. The van der Waals surface area contributed by atoms with Crippen molar-refractivity contribution in [2.24, 2.45) is 5.92 Å². The van der Waals surface area contributed by atoms with Gasteiger partial charge in [0.2, 0.25) is 5.91 Å². The summed E-state index contributed by atoms with van der Waals surface area (Å²) in [5, 5.41) is 11.9. The van der Waals surface area contributed by atoms with Gasteiger partial charge in [-0.1, -0.05) is 0 Å². The van der Waals surface area contributed by atoms with E-state index in [1.165, 1.54) is 0 Å². The summed E-state index contributed by atoms with van der Waals surface area (Å²) in [5.74, 6) is -0.876. The largest absolute Gasteiger partial charge is 0.452 e. The molecule has 1 heterocycles. The molecule has 1 atom stereocenters. The number of benzene rings is 1. The lowest BCUT2D eigenvalue weighted by atomic mass is 9.98. The number of carbonyl (C=O) groups is 3. The number of amides is 2. The summed E-state index contributed by atoms with van der Waals surface area (Å²) in [6.07, 6.45) is 3.20. The molecule has 7 heteroatoms. The Labute approximate surface area is 151 Å². The Morgan fingerprint density at radius 2 is 2.04 bits per heavy atom. The number of carbonyl (C=O) groups excluding carboxylic acids is 3.